The van der Waals surface area contributed by atoms with Gasteiger partial charge in [0, 0.05) is 15.6 Å². The summed E-state index contributed by atoms with van der Waals surface area (Å²) < 4.78 is 51.4. The van der Waals surface area contributed by atoms with Gasteiger partial charge in [0.15, 0.2) is 5.78 Å². The third kappa shape index (κ3) is 3.32. The Morgan fingerprint density at radius 2 is 1.76 bits per heavy atom. The zero-order valence-electron chi connectivity index (χ0n) is 10.8. The predicted molar refractivity (Wildman–Crippen MR) is 73.7 cm³/mol. The van der Waals surface area contributed by atoms with E-state index in [1.807, 2.05) is 0 Å². The van der Waals surface area contributed by atoms with Crippen LogP contribution in [0.1, 0.15) is 27.0 Å². The number of benzene rings is 2. The molecule has 0 N–H and O–H groups in total. The highest BCUT2D eigenvalue weighted by atomic mass is 79.9. The first-order valence-electron chi connectivity index (χ1n) is 5.88. The van der Waals surface area contributed by atoms with Crippen LogP contribution in [0.15, 0.2) is 40.9 Å². The van der Waals surface area contributed by atoms with Crippen LogP contribution in [-0.2, 0) is 6.18 Å². The number of rotatable bonds is 2. The number of halogens is 5. The van der Waals surface area contributed by atoms with E-state index >= 15 is 0 Å². The van der Waals surface area contributed by atoms with E-state index in [9.17, 15) is 22.4 Å². The average Bonchev–Trinajstić information content (AvgIpc) is 2.37. The summed E-state index contributed by atoms with van der Waals surface area (Å²) in [5, 5.41) is 0. The van der Waals surface area contributed by atoms with Gasteiger partial charge in [0.1, 0.15) is 5.82 Å². The highest BCUT2D eigenvalue weighted by Crippen LogP contribution is 2.35. The third-order valence-corrected chi connectivity index (χ3v) is 3.66. The van der Waals surface area contributed by atoms with Gasteiger partial charge in [-0.2, -0.15) is 13.2 Å². The molecule has 0 aliphatic carbocycles. The Kier molecular flexibility index (Phi) is 4.18. The highest BCUT2D eigenvalue weighted by molar-refractivity contribution is 9.10. The zero-order chi connectivity index (χ0) is 15.8. The van der Waals surface area contributed by atoms with Gasteiger partial charge in [-0.15, -0.1) is 0 Å². The van der Waals surface area contributed by atoms with E-state index in [1.54, 1.807) is 0 Å². The van der Waals surface area contributed by atoms with Crippen molar-refractivity contribution in [3.63, 3.8) is 0 Å². The van der Waals surface area contributed by atoms with E-state index in [1.165, 1.54) is 25.1 Å². The molecule has 2 aromatic carbocycles. The van der Waals surface area contributed by atoms with Crippen molar-refractivity contribution in [3.05, 3.63) is 68.9 Å². The number of alkyl halides is 3. The Bertz CT molecular complexity index is 707. The van der Waals surface area contributed by atoms with Crippen molar-refractivity contribution in [1.29, 1.82) is 0 Å². The van der Waals surface area contributed by atoms with Crippen LogP contribution < -0.4 is 0 Å². The number of hydrogen-bond acceptors (Lipinski definition) is 1. The SMILES string of the molecule is Cc1cc(F)ccc1C(=O)c1ccc(Br)c(C(F)(F)F)c1. The van der Waals surface area contributed by atoms with Gasteiger partial charge >= 0.3 is 6.18 Å². The maximum absolute atomic E-state index is 13.0. The molecule has 0 atom stereocenters. The van der Waals surface area contributed by atoms with Crippen molar-refractivity contribution in [1.82, 2.24) is 0 Å². The van der Waals surface area contributed by atoms with Crippen molar-refractivity contribution >= 4 is 21.7 Å². The van der Waals surface area contributed by atoms with Gasteiger partial charge in [0.05, 0.1) is 5.56 Å². The molecular weight excluding hydrogens is 352 g/mol. The molecule has 1 nitrogen and oxygen atoms in total. The predicted octanol–water partition coefficient (Wildman–Crippen LogP) is 5.15. The Labute approximate surface area is 126 Å². The summed E-state index contributed by atoms with van der Waals surface area (Å²) in [6.07, 6.45) is -4.56. The molecule has 0 radical (unpaired) electrons. The normalized spacial score (nSPS) is 11.5. The fourth-order valence-corrected chi connectivity index (χ4v) is 2.39. The number of carbonyl (C=O) groups excluding carboxylic acids is 1. The van der Waals surface area contributed by atoms with Crippen LogP contribution >= 0.6 is 15.9 Å². The van der Waals surface area contributed by atoms with E-state index in [-0.39, 0.29) is 15.6 Å². The topological polar surface area (TPSA) is 17.1 Å². The molecule has 0 unspecified atom stereocenters. The van der Waals surface area contributed by atoms with E-state index < -0.39 is 23.3 Å². The molecule has 0 aliphatic heterocycles. The number of carbonyl (C=O) groups is 1. The second-order valence-corrected chi connectivity index (χ2v) is 5.34. The van der Waals surface area contributed by atoms with E-state index in [4.69, 9.17) is 0 Å². The third-order valence-electron chi connectivity index (χ3n) is 2.97. The van der Waals surface area contributed by atoms with E-state index in [0.717, 1.165) is 18.2 Å². The average molecular weight is 361 g/mol. The molecule has 21 heavy (non-hydrogen) atoms. The molecule has 0 saturated carbocycles. The Morgan fingerprint density at radius 1 is 1.10 bits per heavy atom. The van der Waals surface area contributed by atoms with E-state index in [0.29, 0.717) is 5.56 Å². The molecule has 0 aliphatic rings. The monoisotopic (exact) mass is 360 g/mol. The Balaban J connectivity index is 2.49. The second kappa shape index (κ2) is 5.60. The maximum atomic E-state index is 13.0. The first-order chi connectivity index (χ1) is 9.70. The summed E-state index contributed by atoms with van der Waals surface area (Å²) in [6.45, 7) is 1.53. The summed E-state index contributed by atoms with van der Waals surface area (Å²) in [7, 11) is 0. The van der Waals surface area contributed by atoms with Gasteiger partial charge in [-0.05, 0) is 48.9 Å². The van der Waals surface area contributed by atoms with Crippen LogP contribution in [0.4, 0.5) is 17.6 Å². The van der Waals surface area contributed by atoms with Crippen molar-refractivity contribution in [2.75, 3.05) is 0 Å². The lowest BCUT2D eigenvalue weighted by Crippen LogP contribution is -2.10. The lowest BCUT2D eigenvalue weighted by Gasteiger charge is -2.11. The van der Waals surface area contributed by atoms with Crippen molar-refractivity contribution in [3.8, 4) is 0 Å². The van der Waals surface area contributed by atoms with Crippen molar-refractivity contribution < 1.29 is 22.4 Å². The minimum Gasteiger partial charge on any atom is -0.289 e. The Hall–Kier alpha value is -1.69. The van der Waals surface area contributed by atoms with Gasteiger partial charge in [-0.25, -0.2) is 4.39 Å². The number of ketones is 1. The van der Waals surface area contributed by atoms with Gasteiger partial charge in [-0.1, -0.05) is 15.9 Å². The smallest absolute Gasteiger partial charge is 0.289 e. The fourth-order valence-electron chi connectivity index (χ4n) is 1.92. The summed E-state index contributed by atoms with van der Waals surface area (Å²) in [5.74, 6) is -1.08. The number of hydrogen-bond donors (Lipinski definition) is 0. The highest BCUT2D eigenvalue weighted by Gasteiger charge is 2.33. The molecule has 6 heteroatoms. The molecule has 2 aromatic rings. The fraction of sp³-hybridized carbons (Fsp3) is 0.133. The van der Waals surface area contributed by atoms with Crippen LogP contribution in [-0.4, -0.2) is 5.78 Å². The summed E-state index contributed by atoms with van der Waals surface area (Å²) >= 11 is 2.81. The summed E-state index contributed by atoms with van der Waals surface area (Å²) in [5.41, 5.74) is -0.475. The lowest BCUT2D eigenvalue weighted by atomic mass is 9.97. The van der Waals surface area contributed by atoms with Crippen molar-refractivity contribution in [2.24, 2.45) is 0 Å². The summed E-state index contributed by atoms with van der Waals surface area (Å²) in [4.78, 5) is 12.3. The van der Waals surface area contributed by atoms with Crippen LogP contribution in [0.3, 0.4) is 0 Å². The Morgan fingerprint density at radius 3 is 2.33 bits per heavy atom. The molecule has 0 saturated heterocycles. The standard InChI is InChI=1S/C15H9BrF4O/c1-8-6-10(17)3-4-11(8)14(21)9-2-5-13(16)12(7-9)15(18,19)20/h2-7H,1H3. The molecule has 0 spiro atoms. The quantitative estimate of drug-likeness (QED) is 0.534. The largest absolute Gasteiger partial charge is 0.417 e. The maximum Gasteiger partial charge on any atom is 0.417 e. The minimum absolute atomic E-state index is 0.0970. The molecule has 0 amide bonds. The molecule has 2 rings (SSSR count). The van der Waals surface area contributed by atoms with Crippen LogP contribution in [0, 0.1) is 12.7 Å². The lowest BCUT2D eigenvalue weighted by molar-refractivity contribution is -0.138. The first-order valence-corrected chi connectivity index (χ1v) is 6.67. The van der Waals surface area contributed by atoms with Gasteiger partial charge < -0.3 is 0 Å². The molecule has 0 bridgehead atoms. The first kappa shape index (κ1) is 15.7. The molecular formula is C15H9BrF4O. The molecule has 0 aromatic heterocycles. The van der Waals surface area contributed by atoms with Gasteiger partial charge in [0.25, 0.3) is 0 Å². The number of aryl methyl sites for hydroxylation is 1. The zero-order valence-corrected chi connectivity index (χ0v) is 12.3. The van der Waals surface area contributed by atoms with Gasteiger partial charge in [-0.3, -0.25) is 4.79 Å². The van der Waals surface area contributed by atoms with E-state index in [2.05, 4.69) is 15.9 Å². The van der Waals surface area contributed by atoms with Crippen LogP contribution in [0.5, 0.6) is 0 Å². The van der Waals surface area contributed by atoms with Crippen LogP contribution in [0.2, 0.25) is 0 Å². The van der Waals surface area contributed by atoms with Crippen LogP contribution in [0.25, 0.3) is 0 Å². The van der Waals surface area contributed by atoms with Crippen molar-refractivity contribution in [2.45, 2.75) is 13.1 Å². The van der Waals surface area contributed by atoms with Gasteiger partial charge in [0.2, 0.25) is 0 Å². The minimum atomic E-state index is -4.56. The second-order valence-electron chi connectivity index (χ2n) is 4.48. The molecule has 110 valence electrons. The molecule has 0 heterocycles. The summed E-state index contributed by atoms with van der Waals surface area (Å²) in [6, 6.07) is 6.79. The molecule has 0 fully saturated rings.